The van der Waals surface area contributed by atoms with Crippen LogP contribution in [0.2, 0.25) is 5.02 Å². The maximum Gasteiger partial charge on any atom is 0.232 e. The van der Waals surface area contributed by atoms with Crippen LogP contribution in [0, 0.1) is 0 Å². The summed E-state index contributed by atoms with van der Waals surface area (Å²) in [7, 11) is -3.26. The standard InChI is InChI=1S/C15H21ClN2O3S/c1-15(2,11-5-4-6-12(16)9-11)14(19)18-8-7-13(10-18)17-22(3,20)21/h4-6,9,13,17H,7-8,10H2,1-3H3. The predicted octanol–water partition coefficient (Wildman–Crippen LogP) is 1.77. The fraction of sp³-hybridized carbons (Fsp3) is 0.533. The second-order valence-corrected chi connectivity index (χ2v) is 8.48. The molecular formula is C15H21ClN2O3S. The number of carbonyl (C=O) groups is 1. The summed E-state index contributed by atoms with van der Waals surface area (Å²) < 4.78 is 25.1. The molecule has 2 rings (SSSR count). The van der Waals surface area contributed by atoms with Crippen LogP contribution in [-0.2, 0) is 20.2 Å². The first-order chi connectivity index (χ1) is 10.1. The smallest absolute Gasteiger partial charge is 0.232 e. The van der Waals surface area contributed by atoms with E-state index >= 15 is 0 Å². The van der Waals surface area contributed by atoms with Gasteiger partial charge in [-0.2, -0.15) is 0 Å². The van der Waals surface area contributed by atoms with Crippen molar-refractivity contribution in [3.63, 3.8) is 0 Å². The molecule has 7 heteroatoms. The van der Waals surface area contributed by atoms with Gasteiger partial charge in [-0.1, -0.05) is 23.7 Å². The van der Waals surface area contributed by atoms with E-state index in [2.05, 4.69) is 4.72 Å². The van der Waals surface area contributed by atoms with Crippen LogP contribution in [0.4, 0.5) is 0 Å². The highest BCUT2D eigenvalue weighted by Gasteiger charge is 2.37. The minimum Gasteiger partial charge on any atom is -0.340 e. The summed E-state index contributed by atoms with van der Waals surface area (Å²) in [5.74, 6) is -0.0208. The Hall–Kier alpha value is -1.11. The molecule has 0 aromatic heterocycles. The van der Waals surface area contributed by atoms with Crippen molar-refractivity contribution in [3.8, 4) is 0 Å². The Balaban J connectivity index is 2.11. The summed E-state index contributed by atoms with van der Waals surface area (Å²) in [5.41, 5.74) is 0.148. The number of rotatable bonds is 4. The number of sulfonamides is 1. The van der Waals surface area contributed by atoms with Gasteiger partial charge in [-0.25, -0.2) is 13.1 Å². The molecule has 0 spiro atoms. The third-order valence-corrected chi connectivity index (χ3v) is 4.93. The quantitative estimate of drug-likeness (QED) is 0.905. The molecule has 1 aliphatic rings. The van der Waals surface area contributed by atoms with Gasteiger partial charge in [-0.15, -0.1) is 0 Å². The summed E-state index contributed by atoms with van der Waals surface area (Å²) in [6, 6.07) is 7.06. The second-order valence-electron chi connectivity index (χ2n) is 6.26. The van der Waals surface area contributed by atoms with Crippen LogP contribution in [0.15, 0.2) is 24.3 Å². The first-order valence-corrected chi connectivity index (χ1v) is 9.39. The Labute approximate surface area is 136 Å². The zero-order valence-corrected chi connectivity index (χ0v) is 14.5. The van der Waals surface area contributed by atoms with Crippen LogP contribution >= 0.6 is 11.6 Å². The molecule has 22 heavy (non-hydrogen) atoms. The van der Waals surface area contributed by atoms with E-state index in [0.29, 0.717) is 24.5 Å². The van der Waals surface area contributed by atoms with Crippen molar-refractivity contribution in [1.29, 1.82) is 0 Å². The number of nitrogens with one attached hydrogen (secondary N) is 1. The molecule has 1 aromatic rings. The maximum atomic E-state index is 12.8. The molecule has 1 saturated heterocycles. The van der Waals surface area contributed by atoms with E-state index in [0.717, 1.165) is 11.8 Å². The minimum atomic E-state index is -3.26. The topological polar surface area (TPSA) is 66.5 Å². The average Bonchev–Trinajstić information content (AvgIpc) is 2.83. The minimum absolute atomic E-state index is 0.0208. The molecule has 122 valence electrons. The molecule has 0 saturated carbocycles. The number of hydrogen-bond donors (Lipinski definition) is 1. The Bertz CT molecular complexity index is 673. The molecule has 0 radical (unpaired) electrons. The van der Waals surface area contributed by atoms with Gasteiger partial charge in [0.25, 0.3) is 0 Å². The Kier molecular flexibility index (Phi) is 4.84. The van der Waals surface area contributed by atoms with E-state index in [1.807, 2.05) is 26.0 Å². The van der Waals surface area contributed by atoms with Crippen molar-refractivity contribution in [1.82, 2.24) is 9.62 Å². The summed E-state index contributed by atoms with van der Waals surface area (Å²) in [6.45, 7) is 4.67. The molecule has 1 N–H and O–H groups in total. The third kappa shape index (κ3) is 4.00. The van der Waals surface area contributed by atoms with E-state index in [9.17, 15) is 13.2 Å². The van der Waals surface area contributed by atoms with Gasteiger partial charge in [-0.3, -0.25) is 4.79 Å². The Morgan fingerprint density at radius 2 is 2.09 bits per heavy atom. The average molecular weight is 345 g/mol. The molecule has 1 amide bonds. The lowest BCUT2D eigenvalue weighted by Crippen LogP contribution is -2.44. The lowest BCUT2D eigenvalue weighted by atomic mass is 9.83. The zero-order valence-electron chi connectivity index (χ0n) is 13.0. The third-order valence-electron chi connectivity index (χ3n) is 3.94. The lowest BCUT2D eigenvalue weighted by Gasteiger charge is -2.30. The van der Waals surface area contributed by atoms with Gasteiger partial charge in [0.2, 0.25) is 15.9 Å². The molecule has 0 bridgehead atoms. The van der Waals surface area contributed by atoms with E-state index in [1.54, 1.807) is 17.0 Å². The van der Waals surface area contributed by atoms with Crippen molar-refractivity contribution in [2.24, 2.45) is 0 Å². The summed E-state index contributed by atoms with van der Waals surface area (Å²) in [6.07, 6.45) is 1.76. The molecule has 0 aliphatic carbocycles. The van der Waals surface area contributed by atoms with Gasteiger partial charge >= 0.3 is 0 Å². The van der Waals surface area contributed by atoms with Crippen LogP contribution in [0.3, 0.4) is 0 Å². The number of halogens is 1. The maximum absolute atomic E-state index is 12.8. The molecule has 1 fully saturated rings. The van der Waals surface area contributed by atoms with Crippen LogP contribution in [0.1, 0.15) is 25.8 Å². The van der Waals surface area contributed by atoms with Crippen LogP contribution in [0.5, 0.6) is 0 Å². The van der Waals surface area contributed by atoms with Crippen molar-refractivity contribution in [3.05, 3.63) is 34.9 Å². The summed E-state index contributed by atoms with van der Waals surface area (Å²) in [4.78, 5) is 14.5. The highest BCUT2D eigenvalue weighted by molar-refractivity contribution is 7.88. The summed E-state index contributed by atoms with van der Waals surface area (Å²) >= 11 is 6.01. The van der Waals surface area contributed by atoms with Crippen molar-refractivity contribution < 1.29 is 13.2 Å². The number of likely N-dealkylation sites (tertiary alicyclic amines) is 1. The molecular weight excluding hydrogens is 324 g/mol. The lowest BCUT2D eigenvalue weighted by molar-refractivity contribution is -0.135. The molecule has 1 heterocycles. The number of benzene rings is 1. The van der Waals surface area contributed by atoms with Gasteiger partial charge in [0.1, 0.15) is 0 Å². The van der Waals surface area contributed by atoms with E-state index in [1.165, 1.54) is 0 Å². The zero-order chi connectivity index (χ0) is 16.5. The number of amides is 1. The second kappa shape index (κ2) is 6.18. The Morgan fingerprint density at radius 1 is 1.41 bits per heavy atom. The molecule has 1 atom stereocenters. The number of nitrogens with zero attached hydrogens (tertiary/aromatic N) is 1. The molecule has 1 aliphatic heterocycles. The van der Waals surface area contributed by atoms with Crippen LogP contribution in [-0.4, -0.2) is 44.6 Å². The van der Waals surface area contributed by atoms with Crippen molar-refractivity contribution in [2.45, 2.75) is 31.7 Å². The SMILES string of the molecule is CC(C)(C(=O)N1CCC(NS(C)(=O)=O)C1)c1cccc(Cl)c1. The van der Waals surface area contributed by atoms with Gasteiger partial charge in [0.15, 0.2) is 0 Å². The first-order valence-electron chi connectivity index (χ1n) is 7.12. The van der Waals surface area contributed by atoms with Crippen LogP contribution in [0.25, 0.3) is 0 Å². The highest BCUT2D eigenvalue weighted by atomic mass is 35.5. The monoisotopic (exact) mass is 344 g/mol. The first kappa shape index (κ1) is 17.2. The van der Waals surface area contributed by atoms with Gasteiger partial charge < -0.3 is 4.90 Å². The van der Waals surface area contributed by atoms with Crippen molar-refractivity contribution in [2.75, 3.05) is 19.3 Å². The van der Waals surface area contributed by atoms with E-state index in [-0.39, 0.29) is 11.9 Å². The molecule has 5 nitrogen and oxygen atoms in total. The van der Waals surface area contributed by atoms with Gasteiger partial charge in [0.05, 0.1) is 11.7 Å². The number of hydrogen-bond acceptors (Lipinski definition) is 3. The Morgan fingerprint density at radius 3 is 2.68 bits per heavy atom. The fourth-order valence-corrected chi connectivity index (χ4v) is 3.73. The summed E-state index contributed by atoms with van der Waals surface area (Å²) in [5, 5.41) is 0.594. The largest absolute Gasteiger partial charge is 0.340 e. The molecule has 1 aromatic carbocycles. The van der Waals surface area contributed by atoms with Gasteiger partial charge in [-0.05, 0) is 38.0 Å². The number of carbonyl (C=O) groups excluding carboxylic acids is 1. The van der Waals surface area contributed by atoms with Gasteiger partial charge in [0, 0.05) is 24.2 Å². The highest BCUT2D eigenvalue weighted by Crippen LogP contribution is 2.29. The van der Waals surface area contributed by atoms with E-state index in [4.69, 9.17) is 11.6 Å². The fourth-order valence-electron chi connectivity index (χ4n) is 2.74. The van der Waals surface area contributed by atoms with E-state index < -0.39 is 15.4 Å². The van der Waals surface area contributed by atoms with Crippen molar-refractivity contribution >= 4 is 27.5 Å². The predicted molar refractivity (Wildman–Crippen MR) is 87.4 cm³/mol. The van der Waals surface area contributed by atoms with Crippen LogP contribution < -0.4 is 4.72 Å². The normalized spacial score (nSPS) is 19.5. The molecule has 1 unspecified atom stereocenters.